The molecule has 5 rings (SSSR count). The molecule has 0 aliphatic rings. The number of methoxy groups -OCH3 is 2. The van der Waals surface area contributed by atoms with Crippen LogP contribution in [0.25, 0.3) is 27.5 Å². The summed E-state index contributed by atoms with van der Waals surface area (Å²) in [6.07, 6.45) is 0.699. The number of aryl methyl sites for hydroxylation is 2. The molecule has 0 radical (unpaired) electrons. The third kappa shape index (κ3) is 3.27. The molecule has 2 heterocycles. The summed E-state index contributed by atoms with van der Waals surface area (Å²) >= 11 is 5.54. The summed E-state index contributed by atoms with van der Waals surface area (Å²) in [4.78, 5) is 0. The van der Waals surface area contributed by atoms with Crippen molar-refractivity contribution in [1.29, 1.82) is 0 Å². The molecule has 6 nitrogen and oxygen atoms in total. The van der Waals surface area contributed by atoms with Crippen LogP contribution in [-0.4, -0.2) is 33.6 Å². The Balaban J connectivity index is 1.56. The van der Waals surface area contributed by atoms with Gasteiger partial charge in [-0.1, -0.05) is 36.4 Å². The molecule has 0 aliphatic heterocycles. The maximum absolute atomic E-state index is 5.59. The maximum atomic E-state index is 5.59. The number of aromatic nitrogens is 4. The van der Waals surface area contributed by atoms with E-state index in [0.29, 0.717) is 16.9 Å². The lowest BCUT2D eigenvalue weighted by atomic mass is 10.2. The molecule has 3 aromatic carbocycles. The Labute approximate surface area is 184 Å². The fraction of sp³-hybridized carbons (Fsp3) is 0.167. The predicted molar refractivity (Wildman–Crippen MR) is 125 cm³/mol. The van der Waals surface area contributed by atoms with Gasteiger partial charge in [0.15, 0.2) is 4.77 Å². The van der Waals surface area contributed by atoms with E-state index in [1.54, 1.807) is 14.2 Å². The van der Waals surface area contributed by atoms with Crippen molar-refractivity contribution in [2.45, 2.75) is 13.0 Å². The van der Waals surface area contributed by atoms with Gasteiger partial charge in [0.1, 0.15) is 17.3 Å². The minimum absolute atomic E-state index is 0.528. The Kier molecular flexibility index (Phi) is 4.95. The van der Waals surface area contributed by atoms with Crippen molar-refractivity contribution in [3.63, 3.8) is 0 Å². The van der Waals surface area contributed by atoms with Crippen molar-refractivity contribution in [3.05, 3.63) is 77.3 Å². The van der Waals surface area contributed by atoms with Crippen LogP contribution >= 0.6 is 12.2 Å². The van der Waals surface area contributed by atoms with Gasteiger partial charge in [0.05, 0.1) is 19.9 Å². The number of ether oxygens (including phenoxy) is 2. The average Bonchev–Trinajstić information content (AvgIpc) is 3.34. The second-order valence-electron chi connectivity index (χ2n) is 7.25. The molecule has 0 saturated heterocycles. The molecule has 31 heavy (non-hydrogen) atoms. The van der Waals surface area contributed by atoms with E-state index in [1.165, 1.54) is 21.8 Å². The van der Waals surface area contributed by atoms with E-state index in [0.717, 1.165) is 23.8 Å². The molecule has 156 valence electrons. The van der Waals surface area contributed by atoms with Crippen LogP contribution in [0.2, 0.25) is 0 Å². The SMILES string of the molecule is COc1ccc(-n2c(CCn3c4ccccc4c4ccccc43)n[nH]c2=S)c(OC)c1. The Bertz CT molecular complexity index is 1390. The van der Waals surface area contributed by atoms with Crippen molar-refractivity contribution in [3.8, 4) is 17.2 Å². The van der Waals surface area contributed by atoms with Crippen LogP contribution in [0.3, 0.4) is 0 Å². The predicted octanol–water partition coefficient (Wildman–Crippen LogP) is 5.30. The first-order valence-electron chi connectivity index (χ1n) is 10.1. The lowest BCUT2D eigenvalue weighted by Gasteiger charge is -2.13. The zero-order chi connectivity index (χ0) is 21.4. The van der Waals surface area contributed by atoms with Crippen molar-refractivity contribution in [2.24, 2.45) is 0 Å². The van der Waals surface area contributed by atoms with E-state index in [2.05, 4.69) is 63.3 Å². The van der Waals surface area contributed by atoms with Crippen LogP contribution in [0.15, 0.2) is 66.7 Å². The second-order valence-corrected chi connectivity index (χ2v) is 7.64. The summed E-state index contributed by atoms with van der Waals surface area (Å²) < 4.78 is 15.7. The first kappa shape index (κ1) is 19.4. The van der Waals surface area contributed by atoms with Crippen LogP contribution in [0.5, 0.6) is 11.5 Å². The van der Waals surface area contributed by atoms with Crippen LogP contribution in [0.4, 0.5) is 0 Å². The number of para-hydroxylation sites is 2. The molecule has 7 heteroatoms. The Morgan fingerprint density at radius 3 is 2.23 bits per heavy atom. The lowest BCUT2D eigenvalue weighted by molar-refractivity contribution is 0.393. The van der Waals surface area contributed by atoms with Gasteiger partial charge in [-0.2, -0.15) is 5.10 Å². The quantitative estimate of drug-likeness (QED) is 0.372. The Morgan fingerprint density at radius 2 is 1.58 bits per heavy atom. The normalized spacial score (nSPS) is 11.3. The molecule has 0 bridgehead atoms. The number of rotatable bonds is 6. The average molecular weight is 431 g/mol. The third-order valence-corrected chi connectivity index (χ3v) is 5.88. The van der Waals surface area contributed by atoms with Gasteiger partial charge in [0.2, 0.25) is 0 Å². The van der Waals surface area contributed by atoms with Crippen LogP contribution in [0.1, 0.15) is 5.82 Å². The number of nitrogens with zero attached hydrogens (tertiary/aromatic N) is 3. The smallest absolute Gasteiger partial charge is 0.199 e. The topological polar surface area (TPSA) is 57.0 Å². The number of H-pyrrole nitrogens is 1. The van der Waals surface area contributed by atoms with Gasteiger partial charge in [-0.15, -0.1) is 0 Å². The van der Waals surface area contributed by atoms with E-state index in [1.807, 2.05) is 22.8 Å². The number of hydrogen-bond acceptors (Lipinski definition) is 4. The molecule has 0 spiro atoms. The number of nitrogens with one attached hydrogen (secondary N) is 1. The largest absolute Gasteiger partial charge is 0.497 e. The standard InChI is InChI=1S/C24H22N4O2S/c1-29-16-11-12-21(22(15-16)30-2)28-23(25-26-24(28)31)13-14-27-19-9-5-3-7-17(19)18-8-4-6-10-20(18)27/h3-12,15H,13-14H2,1-2H3,(H,26,31). The molecule has 0 aliphatic carbocycles. The summed E-state index contributed by atoms with van der Waals surface area (Å²) in [6.45, 7) is 0.770. The summed E-state index contributed by atoms with van der Waals surface area (Å²) in [6, 6.07) is 22.7. The fourth-order valence-electron chi connectivity index (χ4n) is 4.17. The van der Waals surface area contributed by atoms with Crippen LogP contribution < -0.4 is 9.47 Å². The van der Waals surface area contributed by atoms with Gasteiger partial charge in [0, 0.05) is 40.8 Å². The monoisotopic (exact) mass is 430 g/mol. The molecular formula is C24H22N4O2S. The van der Waals surface area contributed by atoms with E-state index >= 15 is 0 Å². The zero-order valence-electron chi connectivity index (χ0n) is 17.3. The number of fused-ring (bicyclic) bond motifs is 3. The third-order valence-electron chi connectivity index (χ3n) is 5.61. The zero-order valence-corrected chi connectivity index (χ0v) is 18.1. The van der Waals surface area contributed by atoms with Gasteiger partial charge in [-0.25, -0.2) is 0 Å². The lowest BCUT2D eigenvalue weighted by Crippen LogP contribution is -2.08. The van der Waals surface area contributed by atoms with E-state index in [4.69, 9.17) is 21.7 Å². The highest BCUT2D eigenvalue weighted by molar-refractivity contribution is 7.71. The van der Waals surface area contributed by atoms with E-state index in [9.17, 15) is 0 Å². The highest BCUT2D eigenvalue weighted by Gasteiger charge is 2.15. The first-order chi connectivity index (χ1) is 15.2. The molecule has 0 amide bonds. The highest BCUT2D eigenvalue weighted by Crippen LogP contribution is 2.31. The minimum atomic E-state index is 0.528. The number of hydrogen-bond donors (Lipinski definition) is 1. The van der Waals surface area contributed by atoms with E-state index in [-0.39, 0.29) is 0 Å². The number of aromatic amines is 1. The van der Waals surface area contributed by atoms with Crippen molar-refractivity contribution in [2.75, 3.05) is 14.2 Å². The minimum Gasteiger partial charge on any atom is -0.497 e. The number of benzene rings is 3. The van der Waals surface area contributed by atoms with Crippen LogP contribution in [-0.2, 0) is 13.0 Å². The molecule has 0 unspecified atom stereocenters. The van der Waals surface area contributed by atoms with Crippen LogP contribution in [0, 0.1) is 4.77 Å². The maximum Gasteiger partial charge on any atom is 0.199 e. The van der Waals surface area contributed by atoms with Gasteiger partial charge in [0.25, 0.3) is 0 Å². The van der Waals surface area contributed by atoms with Gasteiger partial charge in [-0.3, -0.25) is 9.67 Å². The second kappa shape index (κ2) is 7.92. The highest BCUT2D eigenvalue weighted by atomic mass is 32.1. The van der Waals surface area contributed by atoms with Gasteiger partial charge >= 0.3 is 0 Å². The molecule has 2 aromatic heterocycles. The van der Waals surface area contributed by atoms with E-state index < -0.39 is 0 Å². The summed E-state index contributed by atoms with van der Waals surface area (Å²) in [5.74, 6) is 2.24. The Morgan fingerprint density at radius 1 is 0.903 bits per heavy atom. The molecule has 0 atom stereocenters. The van der Waals surface area contributed by atoms with Crippen molar-refractivity contribution >= 4 is 34.0 Å². The first-order valence-corrected chi connectivity index (χ1v) is 10.5. The molecule has 0 saturated carbocycles. The van der Waals surface area contributed by atoms with Gasteiger partial charge < -0.3 is 14.0 Å². The molecular weight excluding hydrogens is 408 g/mol. The molecule has 0 fully saturated rings. The van der Waals surface area contributed by atoms with Crippen molar-refractivity contribution < 1.29 is 9.47 Å². The summed E-state index contributed by atoms with van der Waals surface area (Å²) in [7, 11) is 3.27. The fourth-order valence-corrected chi connectivity index (χ4v) is 4.42. The summed E-state index contributed by atoms with van der Waals surface area (Å²) in [5.41, 5.74) is 3.26. The Hall–Kier alpha value is -3.58. The molecule has 1 N–H and O–H groups in total. The summed E-state index contributed by atoms with van der Waals surface area (Å²) in [5, 5.41) is 9.97. The van der Waals surface area contributed by atoms with Crippen molar-refractivity contribution in [1.82, 2.24) is 19.3 Å². The van der Waals surface area contributed by atoms with Gasteiger partial charge in [-0.05, 0) is 36.5 Å². The molecule has 5 aromatic rings.